The normalized spacial score (nSPS) is 11.9. The van der Waals surface area contributed by atoms with Crippen molar-refractivity contribution in [2.24, 2.45) is 0 Å². The first kappa shape index (κ1) is 27.2. The van der Waals surface area contributed by atoms with Crippen molar-refractivity contribution in [2.45, 2.75) is 31.8 Å². The molecular formula is C29H30N6O4S. The van der Waals surface area contributed by atoms with Gasteiger partial charge in [-0.05, 0) is 40.6 Å². The Morgan fingerprint density at radius 3 is 2.42 bits per heavy atom. The number of nitrogens with one attached hydrogen (secondary N) is 1. The lowest BCUT2D eigenvalue weighted by atomic mass is 10.0. The minimum absolute atomic E-state index is 0.146. The molecule has 5 rings (SSSR count). The van der Waals surface area contributed by atoms with Crippen LogP contribution in [0.4, 0.5) is 0 Å². The van der Waals surface area contributed by atoms with Crippen molar-refractivity contribution in [3.05, 3.63) is 101 Å². The molecule has 3 aromatic carbocycles. The van der Waals surface area contributed by atoms with Crippen molar-refractivity contribution in [1.29, 1.82) is 0 Å². The van der Waals surface area contributed by atoms with Crippen molar-refractivity contribution in [1.82, 2.24) is 29.0 Å². The Bertz CT molecular complexity index is 1840. The summed E-state index contributed by atoms with van der Waals surface area (Å²) in [6.07, 6.45) is 3.03. The van der Waals surface area contributed by atoms with Crippen LogP contribution in [0.25, 0.3) is 21.8 Å². The molecule has 10 nitrogen and oxygen atoms in total. The van der Waals surface area contributed by atoms with Crippen LogP contribution in [0.1, 0.15) is 29.8 Å². The third-order valence-electron chi connectivity index (χ3n) is 6.91. The number of aromatic nitrogens is 4. The van der Waals surface area contributed by atoms with E-state index in [-0.39, 0.29) is 22.9 Å². The van der Waals surface area contributed by atoms with Crippen molar-refractivity contribution in [3.63, 3.8) is 0 Å². The van der Waals surface area contributed by atoms with E-state index in [1.165, 1.54) is 41.1 Å². The molecule has 0 fully saturated rings. The van der Waals surface area contributed by atoms with Gasteiger partial charge in [0.2, 0.25) is 10.0 Å². The predicted molar refractivity (Wildman–Crippen MR) is 154 cm³/mol. The highest BCUT2D eigenvalue weighted by molar-refractivity contribution is 7.89. The van der Waals surface area contributed by atoms with Gasteiger partial charge in [0.05, 0.1) is 24.2 Å². The fraction of sp³-hybridized carbons (Fsp3) is 0.241. The highest BCUT2D eigenvalue weighted by atomic mass is 32.2. The van der Waals surface area contributed by atoms with E-state index in [1.54, 1.807) is 23.1 Å². The quantitative estimate of drug-likeness (QED) is 0.281. The molecule has 206 valence electrons. The topological polar surface area (TPSA) is 119 Å². The first-order valence-corrected chi connectivity index (χ1v) is 14.5. The third kappa shape index (κ3) is 5.25. The van der Waals surface area contributed by atoms with Crippen LogP contribution in [-0.4, -0.2) is 57.6 Å². The molecule has 2 heterocycles. The van der Waals surface area contributed by atoms with E-state index < -0.39 is 10.0 Å². The average Bonchev–Trinajstić information content (AvgIpc) is 3.39. The van der Waals surface area contributed by atoms with Gasteiger partial charge in [-0.3, -0.25) is 14.2 Å². The Labute approximate surface area is 231 Å². The maximum atomic E-state index is 13.2. The standard InChI is InChI=1S/C29H30N6O4S/c1-3-34(4-2)40(38,39)24-14-12-22(13-15-24)28(36)30-16-17-35-27-26(18-32-35)29(37)33(20-31-27)19-23-10-7-9-21-8-5-6-11-25(21)23/h5-15,18,20H,3-4,16-17,19H2,1-2H3,(H,30,36). The number of hydrogen-bond acceptors (Lipinski definition) is 6. The Balaban J connectivity index is 1.25. The number of fused-ring (bicyclic) bond motifs is 2. The first-order chi connectivity index (χ1) is 19.3. The van der Waals surface area contributed by atoms with Gasteiger partial charge < -0.3 is 5.32 Å². The number of carbonyl (C=O) groups excluding carboxylic acids is 1. The van der Waals surface area contributed by atoms with E-state index in [4.69, 9.17) is 0 Å². The van der Waals surface area contributed by atoms with Gasteiger partial charge in [-0.2, -0.15) is 9.40 Å². The fourth-order valence-electron chi connectivity index (χ4n) is 4.76. The van der Waals surface area contributed by atoms with Crippen molar-refractivity contribution >= 4 is 37.7 Å². The molecule has 2 aromatic heterocycles. The monoisotopic (exact) mass is 558 g/mol. The SMILES string of the molecule is CCN(CC)S(=O)(=O)c1ccc(C(=O)NCCn2ncc3c(=O)n(Cc4cccc5ccccc45)cnc32)cc1. The molecule has 0 saturated carbocycles. The second kappa shape index (κ2) is 11.4. The molecule has 0 spiro atoms. The predicted octanol–water partition coefficient (Wildman–Crippen LogP) is 3.26. The molecule has 40 heavy (non-hydrogen) atoms. The highest BCUT2D eigenvalue weighted by Gasteiger charge is 2.21. The molecule has 0 bridgehead atoms. The van der Waals surface area contributed by atoms with Crippen LogP contribution in [0.5, 0.6) is 0 Å². The number of sulfonamides is 1. The maximum Gasteiger partial charge on any atom is 0.264 e. The molecule has 1 N–H and O–H groups in total. The van der Waals surface area contributed by atoms with Crippen LogP contribution >= 0.6 is 0 Å². The highest BCUT2D eigenvalue weighted by Crippen LogP contribution is 2.19. The number of benzene rings is 3. The zero-order chi connectivity index (χ0) is 28.3. The molecule has 0 saturated heterocycles. The number of rotatable bonds is 10. The number of amides is 1. The summed E-state index contributed by atoms with van der Waals surface area (Å²) in [6.45, 7) is 5.25. The molecule has 5 aromatic rings. The second-order valence-electron chi connectivity index (χ2n) is 9.29. The molecule has 0 unspecified atom stereocenters. The molecule has 1 amide bonds. The fourth-order valence-corrected chi connectivity index (χ4v) is 6.21. The molecule has 0 atom stereocenters. The minimum Gasteiger partial charge on any atom is -0.350 e. The molecular weight excluding hydrogens is 528 g/mol. The van der Waals surface area contributed by atoms with Crippen LogP contribution in [0.15, 0.2) is 88.9 Å². The second-order valence-corrected chi connectivity index (χ2v) is 11.2. The Hall–Kier alpha value is -4.35. The zero-order valence-corrected chi connectivity index (χ0v) is 23.1. The molecule has 0 aliphatic rings. The van der Waals surface area contributed by atoms with Gasteiger partial charge in [-0.25, -0.2) is 18.1 Å². The van der Waals surface area contributed by atoms with Gasteiger partial charge in [0, 0.05) is 25.2 Å². The van der Waals surface area contributed by atoms with Crippen LogP contribution in [-0.2, 0) is 23.1 Å². The summed E-state index contributed by atoms with van der Waals surface area (Å²) in [7, 11) is -3.59. The largest absolute Gasteiger partial charge is 0.350 e. The average molecular weight is 559 g/mol. The summed E-state index contributed by atoms with van der Waals surface area (Å²) < 4.78 is 29.8. The minimum atomic E-state index is -3.59. The molecule has 0 radical (unpaired) electrons. The van der Waals surface area contributed by atoms with Gasteiger partial charge in [0.15, 0.2) is 5.65 Å². The van der Waals surface area contributed by atoms with E-state index in [2.05, 4.69) is 15.4 Å². The lowest BCUT2D eigenvalue weighted by Crippen LogP contribution is -2.31. The van der Waals surface area contributed by atoms with E-state index in [9.17, 15) is 18.0 Å². The van der Waals surface area contributed by atoms with Crippen LogP contribution in [0.3, 0.4) is 0 Å². The summed E-state index contributed by atoms with van der Waals surface area (Å²) in [5.41, 5.74) is 1.63. The third-order valence-corrected chi connectivity index (χ3v) is 8.98. The first-order valence-electron chi connectivity index (χ1n) is 13.1. The Morgan fingerprint density at radius 2 is 1.68 bits per heavy atom. The molecule has 0 aliphatic heterocycles. The van der Waals surface area contributed by atoms with E-state index in [1.807, 2.05) is 42.5 Å². The summed E-state index contributed by atoms with van der Waals surface area (Å²) in [4.78, 5) is 30.5. The van der Waals surface area contributed by atoms with Crippen LogP contribution < -0.4 is 10.9 Å². The van der Waals surface area contributed by atoms with Crippen LogP contribution in [0, 0.1) is 0 Å². The molecule has 0 aliphatic carbocycles. The number of nitrogens with zero attached hydrogens (tertiary/aromatic N) is 5. The van der Waals surface area contributed by atoms with Crippen LogP contribution in [0.2, 0.25) is 0 Å². The van der Waals surface area contributed by atoms with E-state index >= 15 is 0 Å². The smallest absolute Gasteiger partial charge is 0.264 e. The summed E-state index contributed by atoms with van der Waals surface area (Å²) in [5.74, 6) is -0.339. The van der Waals surface area contributed by atoms with E-state index in [0.717, 1.165) is 16.3 Å². The van der Waals surface area contributed by atoms with Crippen molar-refractivity contribution in [3.8, 4) is 0 Å². The van der Waals surface area contributed by atoms with E-state index in [0.29, 0.717) is 42.8 Å². The summed E-state index contributed by atoms with van der Waals surface area (Å²) in [6, 6.07) is 19.9. The Morgan fingerprint density at radius 1 is 0.950 bits per heavy atom. The summed E-state index contributed by atoms with van der Waals surface area (Å²) in [5, 5.41) is 9.72. The summed E-state index contributed by atoms with van der Waals surface area (Å²) >= 11 is 0. The lowest BCUT2D eigenvalue weighted by Gasteiger charge is -2.18. The van der Waals surface area contributed by atoms with Gasteiger partial charge in [0.1, 0.15) is 11.7 Å². The maximum absolute atomic E-state index is 13.2. The van der Waals surface area contributed by atoms with Gasteiger partial charge in [0.25, 0.3) is 11.5 Å². The zero-order valence-electron chi connectivity index (χ0n) is 22.3. The van der Waals surface area contributed by atoms with Gasteiger partial charge in [-0.15, -0.1) is 0 Å². The van der Waals surface area contributed by atoms with Gasteiger partial charge in [-0.1, -0.05) is 56.3 Å². The molecule has 11 heteroatoms. The van der Waals surface area contributed by atoms with Crippen molar-refractivity contribution in [2.75, 3.05) is 19.6 Å². The van der Waals surface area contributed by atoms with Gasteiger partial charge >= 0.3 is 0 Å². The lowest BCUT2D eigenvalue weighted by molar-refractivity contribution is 0.0952. The van der Waals surface area contributed by atoms with Crippen molar-refractivity contribution < 1.29 is 13.2 Å². The number of carbonyl (C=O) groups is 1. The number of hydrogen-bond donors (Lipinski definition) is 1. The Kier molecular flexibility index (Phi) is 7.76.